The van der Waals surface area contributed by atoms with Crippen molar-refractivity contribution in [3.05, 3.63) is 47.0 Å². The summed E-state index contributed by atoms with van der Waals surface area (Å²) in [6, 6.07) is 11.0. The quantitative estimate of drug-likeness (QED) is 0.783. The van der Waals surface area contributed by atoms with Crippen LogP contribution in [0, 0.1) is 23.7 Å². The summed E-state index contributed by atoms with van der Waals surface area (Å²) in [5, 5.41) is 0. The summed E-state index contributed by atoms with van der Waals surface area (Å²) in [4.78, 5) is 13.4. The Hall–Kier alpha value is -1.77. The SMILES string of the molecule is CC(C)n1c(-c2ccccc2)cn(C2C3CC4CC(C3)CC2C4)c1=O. The molecule has 0 amide bonds. The van der Waals surface area contributed by atoms with Crippen LogP contribution < -0.4 is 5.69 Å². The number of rotatable bonds is 3. The first-order valence-corrected chi connectivity index (χ1v) is 10.0. The van der Waals surface area contributed by atoms with Crippen molar-refractivity contribution in [1.29, 1.82) is 0 Å². The Morgan fingerprint density at radius 1 is 0.920 bits per heavy atom. The van der Waals surface area contributed by atoms with Gasteiger partial charge >= 0.3 is 5.69 Å². The van der Waals surface area contributed by atoms with E-state index >= 15 is 0 Å². The summed E-state index contributed by atoms with van der Waals surface area (Å²) < 4.78 is 4.13. The maximum atomic E-state index is 13.4. The second kappa shape index (κ2) is 5.62. The van der Waals surface area contributed by atoms with E-state index in [0.717, 1.165) is 34.9 Å². The molecular formula is C22H28N2O. The number of hydrogen-bond acceptors (Lipinski definition) is 1. The van der Waals surface area contributed by atoms with E-state index in [1.54, 1.807) is 0 Å². The molecule has 0 unspecified atom stereocenters. The van der Waals surface area contributed by atoms with Crippen molar-refractivity contribution < 1.29 is 0 Å². The van der Waals surface area contributed by atoms with Gasteiger partial charge in [0.15, 0.2) is 0 Å². The second-order valence-electron chi connectivity index (χ2n) is 8.96. The van der Waals surface area contributed by atoms with Crippen molar-refractivity contribution in [2.75, 3.05) is 0 Å². The average molecular weight is 336 g/mol. The first-order chi connectivity index (χ1) is 12.1. The first-order valence-electron chi connectivity index (χ1n) is 10.0. The van der Waals surface area contributed by atoms with Gasteiger partial charge in [-0.1, -0.05) is 30.3 Å². The van der Waals surface area contributed by atoms with E-state index in [-0.39, 0.29) is 11.7 Å². The van der Waals surface area contributed by atoms with E-state index in [9.17, 15) is 4.79 Å². The van der Waals surface area contributed by atoms with Crippen molar-refractivity contribution in [1.82, 2.24) is 9.13 Å². The van der Waals surface area contributed by atoms with E-state index in [0.29, 0.717) is 6.04 Å². The number of nitrogens with zero attached hydrogens (tertiary/aromatic N) is 2. The monoisotopic (exact) mass is 336 g/mol. The minimum atomic E-state index is 0.181. The molecule has 25 heavy (non-hydrogen) atoms. The van der Waals surface area contributed by atoms with E-state index < -0.39 is 0 Å². The summed E-state index contributed by atoms with van der Waals surface area (Å²) >= 11 is 0. The lowest BCUT2D eigenvalue weighted by Gasteiger charge is -2.54. The largest absolute Gasteiger partial charge is 0.329 e. The van der Waals surface area contributed by atoms with Gasteiger partial charge in [-0.25, -0.2) is 4.79 Å². The molecular weight excluding hydrogens is 308 g/mol. The Labute approximate surface area is 149 Å². The summed E-state index contributed by atoms with van der Waals surface area (Å²) in [5.41, 5.74) is 2.43. The summed E-state index contributed by atoms with van der Waals surface area (Å²) in [6.45, 7) is 4.24. The van der Waals surface area contributed by atoms with Crippen LogP contribution in [0.4, 0.5) is 0 Å². The zero-order chi connectivity index (χ0) is 17.1. The van der Waals surface area contributed by atoms with Crippen molar-refractivity contribution in [3.63, 3.8) is 0 Å². The van der Waals surface area contributed by atoms with Crippen LogP contribution in [0.5, 0.6) is 0 Å². The molecule has 3 heteroatoms. The van der Waals surface area contributed by atoms with Crippen molar-refractivity contribution in [3.8, 4) is 11.3 Å². The van der Waals surface area contributed by atoms with Gasteiger partial charge in [0.25, 0.3) is 0 Å². The lowest BCUT2D eigenvalue weighted by Crippen LogP contribution is -2.48. The Morgan fingerprint density at radius 2 is 1.52 bits per heavy atom. The van der Waals surface area contributed by atoms with Gasteiger partial charge in [0.1, 0.15) is 0 Å². The van der Waals surface area contributed by atoms with Crippen molar-refractivity contribution >= 4 is 0 Å². The minimum absolute atomic E-state index is 0.181. The number of hydrogen-bond donors (Lipinski definition) is 0. The molecule has 4 aliphatic carbocycles. The van der Waals surface area contributed by atoms with Gasteiger partial charge in [-0.2, -0.15) is 0 Å². The third-order valence-corrected chi connectivity index (χ3v) is 7.03. The molecule has 2 aromatic rings. The lowest BCUT2D eigenvalue weighted by atomic mass is 9.54. The summed E-state index contributed by atoms with van der Waals surface area (Å²) in [6.07, 6.45) is 9.01. The molecule has 1 aromatic carbocycles. The molecule has 4 fully saturated rings. The lowest BCUT2D eigenvalue weighted by molar-refractivity contribution is -0.0305. The standard InChI is InChI=1S/C22H28N2O/c1-14(2)24-20(17-6-4-3-5-7-17)13-23(22(24)25)21-18-9-15-8-16(11-18)12-19(21)10-15/h3-7,13-16,18-19,21H,8-12H2,1-2H3. The molecule has 0 N–H and O–H groups in total. The molecule has 0 saturated heterocycles. The summed E-state index contributed by atoms with van der Waals surface area (Å²) in [7, 11) is 0. The first kappa shape index (κ1) is 15.5. The topological polar surface area (TPSA) is 26.9 Å². The predicted molar refractivity (Wildman–Crippen MR) is 101 cm³/mol. The zero-order valence-electron chi connectivity index (χ0n) is 15.3. The van der Waals surface area contributed by atoms with Crippen molar-refractivity contribution in [2.24, 2.45) is 23.7 Å². The van der Waals surface area contributed by atoms with Crippen LogP contribution in [0.25, 0.3) is 11.3 Å². The average Bonchev–Trinajstić information content (AvgIpc) is 2.92. The highest BCUT2D eigenvalue weighted by atomic mass is 16.1. The van der Waals surface area contributed by atoms with Gasteiger partial charge in [0, 0.05) is 18.3 Å². The maximum Gasteiger partial charge on any atom is 0.329 e. The number of imidazole rings is 1. The van der Waals surface area contributed by atoms with Crippen LogP contribution in [0.15, 0.2) is 41.3 Å². The highest BCUT2D eigenvalue weighted by Gasteiger charge is 2.49. The molecule has 0 aliphatic heterocycles. The molecule has 4 saturated carbocycles. The predicted octanol–water partition coefficient (Wildman–Crippen LogP) is 4.89. The second-order valence-corrected chi connectivity index (χ2v) is 8.96. The van der Waals surface area contributed by atoms with Gasteiger partial charge in [-0.3, -0.25) is 9.13 Å². The molecule has 1 heterocycles. The fraction of sp³-hybridized carbons (Fsp3) is 0.591. The Bertz CT molecular complexity index is 801. The maximum absolute atomic E-state index is 13.4. The fourth-order valence-electron chi connectivity index (χ4n) is 6.36. The Balaban J connectivity index is 1.62. The van der Waals surface area contributed by atoms with Gasteiger partial charge in [-0.15, -0.1) is 0 Å². The van der Waals surface area contributed by atoms with E-state index in [1.807, 2.05) is 10.6 Å². The van der Waals surface area contributed by atoms with Crippen LogP contribution in [-0.4, -0.2) is 9.13 Å². The molecule has 0 radical (unpaired) electrons. The van der Waals surface area contributed by atoms with E-state index in [4.69, 9.17) is 0 Å². The minimum Gasteiger partial charge on any atom is -0.295 e. The molecule has 6 rings (SSSR count). The molecule has 3 nitrogen and oxygen atoms in total. The van der Waals surface area contributed by atoms with Crippen molar-refractivity contribution in [2.45, 2.75) is 58.0 Å². The summed E-state index contributed by atoms with van der Waals surface area (Å²) in [5.74, 6) is 3.33. The van der Waals surface area contributed by atoms with Gasteiger partial charge < -0.3 is 0 Å². The number of aromatic nitrogens is 2. The highest BCUT2D eigenvalue weighted by Crippen LogP contribution is 2.58. The van der Waals surface area contributed by atoms with Crippen LogP contribution >= 0.6 is 0 Å². The fourth-order valence-corrected chi connectivity index (χ4v) is 6.36. The van der Waals surface area contributed by atoms with Crippen LogP contribution in [0.1, 0.15) is 58.0 Å². The zero-order valence-corrected chi connectivity index (χ0v) is 15.3. The highest BCUT2D eigenvalue weighted by molar-refractivity contribution is 5.59. The van der Waals surface area contributed by atoms with Crippen LogP contribution in [0.2, 0.25) is 0 Å². The Kier molecular flexibility index (Phi) is 3.48. The van der Waals surface area contributed by atoms with E-state index in [2.05, 4.69) is 48.9 Å². The van der Waals surface area contributed by atoms with Gasteiger partial charge in [0.05, 0.1) is 5.69 Å². The molecule has 1 aromatic heterocycles. The molecule has 0 spiro atoms. The van der Waals surface area contributed by atoms with Crippen LogP contribution in [-0.2, 0) is 0 Å². The Morgan fingerprint density at radius 3 is 2.08 bits per heavy atom. The normalized spacial score (nSPS) is 33.3. The molecule has 0 atom stereocenters. The van der Waals surface area contributed by atoms with E-state index in [1.165, 1.54) is 32.1 Å². The third kappa shape index (κ3) is 2.35. The third-order valence-electron chi connectivity index (χ3n) is 7.03. The molecule has 4 aliphatic rings. The van der Waals surface area contributed by atoms with Crippen LogP contribution in [0.3, 0.4) is 0 Å². The molecule has 132 valence electrons. The smallest absolute Gasteiger partial charge is 0.295 e. The van der Waals surface area contributed by atoms with Gasteiger partial charge in [-0.05, 0) is 75.2 Å². The van der Waals surface area contributed by atoms with Gasteiger partial charge in [0.2, 0.25) is 0 Å². The molecule has 4 bridgehead atoms. The number of benzene rings is 1.